The van der Waals surface area contributed by atoms with Crippen LogP contribution in [0.1, 0.15) is 93.4 Å². The Balaban J connectivity index is 1.68. The third-order valence-electron chi connectivity index (χ3n) is 11.7. The van der Waals surface area contributed by atoms with E-state index >= 15 is 0 Å². The SMILES string of the molecule is C=C(CC[C@@H](CO)[C@H]1[C@H](O)C[C@@]2(C)C3=CC[C@H]4C(C)(C)[C@H](O)CC[C@]4(C)C3=CC[C@]12C)C(C)(C)O. The van der Waals surface area contributed by atoms with E-state index in [1.807, 2.05) is 0 Å². The maximum absolute atomic E-state index is 11.5. The standard InChI is InChI=1S/C31H50O4/c1-19(28(4,5)35)9-10-20(18-32)26-23(33)17-31(8)22-11-12-24-27(2,3)25(34)14-15-29(24,6)21(22)13-16-30(26,31)7/h11,13,20,23-26,32-35H,1,9-10,12,14-18H2,2-8H3/t20-,23+,24-,25+,26-,29+,30+,31-/m0/s1. The Bertz CT molecular complexity index is 923. The second-order valence-electron chi connectivity index (χ2n) is 14.2. The Morgan fingerprint density at radius 1 is 1.11 bits per heavy atom. The quantitative estimate of drug-likeness (QED) is 0.371. The number of hydrogen-bond acceptors (Lipinski definition) is 4. The number of aliphatic hydroxyl groups excluding tert-OH is 3. The highest BCUT2D eigenvalue weighted by molar-refractivity contribution is 5.50. The second kappa shape index (κ2) is 8.55. The minimum absolute atomic E-state index is 0.0130. The average molecular weight is 487 g/mol. The summed E-state index contributed by atoms with van der Waals surface area (Å²) in [6.45, 7) is 19.2. The van der Waals surface area contributed by atoms with Gasteiger partial charge in [0.05, 0.1) is 17.8 Å². The summed E-state index contributed by atoms with van der Waals surface area (Å²) >= 11 is 0. The lowest BCUT2D eigenvalue weighted by molar-refractivity contribution is -0.0854. The van der Waals surface area contributed by atoms with Gasteiger partial charge >= 0.3 is 0 Å². The summed E-state index contributed by atoms with van der Waals surface area (Å²) in [5.41, 5.74) is 2.32. The topological polar surface area (TPSA) is 80.9 Å². The maximum atomic E-state index is 11.5. The van der Waals surface area contributed by atoms with Crippen molar-refractivity contribution in [1.82, 2.24) is 0 Å². The molecule has 198 valence electrons. The monoisotopic (exact) mass is 486 g/mol. The van der Waals surface area contributed by atoms with Crippen LogP contribution in [0.2, 0.25) is 0 Å². The second-order valence-corrected chi connectivity index (χ2v) is 14.2. The van der Waals surface area contributed by atoms with Gasteiger partial charge < -0.3 is 20.4 Å². The Kier molecular flexibility index (Phi) is 6.62. The first-order chi connectivity index (χ1) is 16.0. The summed E-state index contributed by atoms with van der Waals surface area (Å²) in [4.78, 5) is 0. The van der Waals surface area contributed by atoms with Gasteiger partial charge in [-0.2, -0.15) is 0 Å². The zero-order valence-electron chi connectivity index (χ0n) is 23.2. The summed E-state index contributed by atoms with van der Waals surface area (Å²) in [7, 11) is 0. The molecule has 2 fully saturated rings. The first kappa shape index (κ1) is 27.1. The Morgan fingerprint density at radius 2 is 1.77 bits per heavy atom. The van der Waals surface area contributed by atoms with Gasteiger partial charge in [0.25, 0.3) is 0 Å². The van der Waals surface area contributed by atoms with Crippen molar-refractivity contribution < 1.29 is 20.4 Å². The van der Waals surface area contributed by atoms with Crippen molar-refractivity contribution in [3.8, 4) is 0 Å². The minimum atomic E-state index is -0.935. The highest BCUT2D eigenvalue weighted by Gasteiger charge is 2.65. The van der Waals surface area contributed by atoms with Crippen LogP contribution in [0.5, 0.6) is 0 Å². The number of hydrogen-bond donors (Lipinski definition) is 4. The van der Waals surface area contributed by atoms with Crippen LogP contribution in [0.3, 0.4) is 0 Å². The molecule has 4 rings (SSSR count). The van der Waals surface area contributed by atoms with E-state index < -0.39 is 11.7 Å². The molecule has 0 unspecified atom stereocenters. The fourth-order valence-electron chi connectivity index (χ4n) is 8.99. The van der Waals surface area contributed by atoms with Gasteiger partial charge in [0.15, 0.2) is 0 Å². The Hall–Kier alpha value is -0.940. The van der Waals surface area contributed by atoms with E-state index in [-0.39, 0.29) is 46.2 Å². The van der Waals surface area contributed by atoms with E-state index in [2.05, 4.69) is 53.3 Å². The highest BCUT2D eigenvalue weighted by Crippen LogP contribution is 2.71. The predicted octanol–water partition coefficient (Wildman–Crippen LogP) is 5.56. The van der Waals surface area contributed by atoms with Crippen LogP contribution in [-0.4, -0.2) is 44.8 Å². The lowest BCUT2D eigenvalue weighted by Gasteiger charge is -2.61. The summed E-state index contributed by atoms with van der Waals surface area (Å²) in [5.74, 6) is 0.352. The van der Waals surface area contributed by atoms with E-state index in [4.69, 9.17) is 0 Å². The number of allylic oxidation sites excluding steroid dienone is 4. The molecule has 4 heteroatoms. The van der Waals surface area contributed by atoms with Crippen molar-refractivity contribution >= 4 is 0 Å². The lowest BCUT2D eigenvalue weighted by atomic mass is 9.44. The molecular formula is C31H50O4. The molecule has 0 radical (unpaired) electrons. The Morgan fingerprint density at radius 3 is 2.37 bits per heavy atom. The normalized spacial score (nSPS) is 43.4. The highest BCUT2D eigenvalue weighted by atomic mass is 16.3. The third kappa shape index (κ3) is 3.85. The third-order valence-corrected chi connectivity index (χ3v) is 11.7. The number of fused-ring (bicyclic) bond motifs is 5. The summed E-state index contributed by atoms with van der Waals surface area (Å²) in [5, 5.41) is 43.1. The van der Waals surface area contributed by atoms with Gasteiger partial charge in [0, 0.05) is 12.0 Å². The molecule has 0 aromatic rings. The molecule has 4 aliphatic carbocycles. The van der Waals surface area contributed by atoms with Crippen LogP contribution in [-0.2, 0) is 0 Å². The molecule has 4 N–H and O–H groups in total. The van der Waals surface area contributed by atoms with Crippen LogP contribution >= 0.6 is 0 Å². The number of rotatable bonds is 6. The molecule has 0 aromatic carbocycles. The average Bonchev–Trinajstić information content (AvgIpc) is 2.97. The molecule has 0 bridgehead atoms. The molecule has 0 heterocycles. The van der Waals surface area contributed by atoms with Crippen LogP contribution < -0.4 is 0 Å². The lowest BCUT2D eigenvalue weighted by Crippen LogP contribution is -2.54. The minimum Gasteiger partial charge on any atom is -0.396 e. The van der Waals surface area contributed by atoms with E-state index in [0.29, 0.717) is 25.2 Å². The van der Waals surface area contributed by atoms with E-state index in [1.54, 1.807) is 13.8 Å². The summed E-state index contributed by atoms with van der Waals surface area (Å²) < 4.78 is 0. The van der Waals surface area contributed by atoms with E-state index in [1.165, 1.54) is 11.1 Å². The molecule has 0 spiro atoms. The van der Waals surface area contributed by atoms with Crippen molar-refractivity contribution in [2.75, 3.05) is 6.61 Å². The van der Waals surface area contributed by atoms with E-state index in [9.17, 15) is 20.4 Å². The van der Waals surface area contributed by atoms with Crippen molar-refractivity contribution in [3.05, 3.63) is 35.5 Å². The van der Waals surface area contributed by atoms with Gasteiger partial charge in [-0.25, -0.2) is 0 Å². The molecule has 0 saturated heterocycles. The zero-order chi connectivity index (χ0) is 26.2. The van der Waals surface area contributed by atoms with Crippen LogP contribution in [0.15, 0.2) is 35.5 Å². The molecule has 35 heavy (non-hydrogen) atoms. The molecule has 8 atom stereocenters. The number of aliphatic hydroxyl groups is 4. The fourth-order valence-corrected chi connectivity index (χ4v) is 8.99. The molecule has 0 amide bonds. The molecule has 0 aromatic heterocycles. The van der Waals surface area contributed by atoms with Crippen LogP contribution in [0, 0.1) is 39.4 Å². The molecule has 0 aliphatic heterocycles. The predicted molar refractivity (Wildman–Crippen MR) is 142 cm³/mol. The van der Waals surface area contributed by atoms with Gasteiger partial charge in [-0.3, -0.25) is 0 Å². The van der Waals surface area contributed by atoms with Crippen LogP contribution in [0.25, 0.3) is 0 Å². The summed E-state index contributed by atoms with van der Waals surface area (Å²) in [6, 6.07) is 0. The Labute approximate surface area is 213 Å². The molecule has 2 saturated carbocycles. The van der Waals surface area contributed by atoms with Crippen molar-refractivity contribution in [2.24, 2.45) is 39.4 Å². The van der Waals surface area contributed by atoms with Gasteiger partial charge in [-0.1, -0.05) is 53.3 Å². The van der Waals surface area contributed by atoms with Crippen LogP contribution in [0.4, 0.5) is 0 Å². The van der Waals surface area contributed by atoms with Crippen molar-refractivity contribution in [1.29, 1.82) is 0 Å². The first-order valence-corrected chi connectivity index (χ1v) is 13.8. The van der Waals surface area contributed by atoms with Gasteiger partial charge in [0.1, 0.15) is 0 Å². The van der Waals surface area contributed by atoms with Crippen molar-refractivity contribution in [2.45, 2.75) is 111 Å². The van der Waals surface area contributed by atoms with Gasteiger partial charge in [-0.05, 0) is 110 Å². The molecule has 4 aliphatic rings. The first-order valence-electron chi connectivity index (χ1n) is 13.8. The fraction of sp³-hybridized carbons (Fsp3) is 0.806. The maximum Gasteiger partial charge on any atom is 0.0798 e. The molecule has 4 nitrogen and oxygen atoms in total. The van der Waals surface area contributed by atoms with E-state index in [0.717, 1.165) is 31.3 Å². The summed E-state index contributed by atoms with van der Waals surface area (Å²) in [6.07, 6.45) is 9.94. The molecular weight excluding hydrogens is 436 g/mol. The van der Waals surface area contributed by atoms with Crippen molar-refractivity contribution in [3.63, 3.8) is 0 Å². The largest absolute Gasteiger partial charge is 0.396 e. The van der Waals surface area contributed by atoms with Gasteiger partial charge in [0.2, 0.25) is 0 Å². The van der Waals surface area contributed by atoms with Gasteiger partial charge in [-0.15, -0.1) is 0 Å². The smallest absolute Gasteiger partial charge is 0.0798 e. The zero-order valence-corrected chi connectivity index (χ0v) is 23.2.